The van der Waals surface area contributed by atoms with Gasteiger partial charge in [-0.15, -0.1) is 0 Å². The molecule has 0 saturated heterocycles. The summed E-state index contributed by atoms with van der Waals surface area (Å²) in [6, 6.07) is 11.9. The Morgan fingerprint density at radius 3 is 2.18 bits per heavy atom. The van der Waals surface area contributed by atoms with E-state index in [0.717, 1.165) is 12.0 Å². The first-order valence-electron chi connectivity index (χ1n) is 9.54. The second-order valence-corrected chi connectivity index (χ2v) is 8.12. The second kappa shape index (κ2) is 9.71. The summed E-state index contributed by atoms with van der Waals surface area (Å²) in [7, 11) is -3.64. The minimum atomic E-state index is -3.64. The molecule has 0 fully saturated rings. The van der Waals surface area contributed by atoms with Crippen LogP contribution in [0.25, 0.3) is 0 Å². The van der Waals surface area contributed by atoms with Crippen molar-refractivity contribution in [2.75, 3.05) is 25.0 Å². The Kier molecular flexibility index (Phi) is 7.60. The smallest absolute Gasteiger partial charge is 0.255 e. The lowest BCUT2D eigenvalue weighted by Crippen LogP contribution is -2.30. The quantitative estimate of drug-likeness (QED) is 0.687. The summed E-state index contributed by atoms with van der Waals surface area (Å²) in [6.45, 7) is 8.60. The minimum absolute atomic E-state index is 0.122. The topological polar surface area (TPSA) is 75.7 Å². The standard InChI is InChI=1S/C21H28N2O4S/c1-5-16-9-11-17(12-10-16)21(24)22-19-15-18(13-14-20(19)27-8-4)28(25,26)23(6-2)7-3/h9-15H,5-8H2,1-4H3,(H,22,24). The first kappa shape index (κ1) is 21.9. The molecule has 0 heterocycles. The van der Waals surface area contributed by atoms with Crippen LogP contribution in [-0.2, 0) is 16.4 Å². The monoisotopic (exact) mass is 404 g/mol. The van der Waals surface area contributed by atoms with Crippen LogP contribution in [0.2, 0.25) is 0 Å². The highest BCUT2D eigenvalue weighted by Crippen LogP contribution is 2.29. The Balaban J connectivity index is 2.38. The summed E-state index contributed by atoms with van der Waals surface area (Å²) in [4.78, 5) is 12.8. The Morgan fingerprint density at radius 2 is 1.64 bits per heavy atom. The predicted octanol–water partition coefficient (Wildman–Crippen LogP) is 3.93. The van der Waals surface area contributed by atoms with Gasteiger partial charge in [0, 0.05) is 18.7 Å². The van der Waals surface area contributed by atoms with Crippen molar-refractivity contribution < 1.29 is 17.9 Å². The molecular weight excluding hydrogens is 376 g/mol. The summed E-state index contributed by atoms with van der Waals surface area (Å²) in [5, 5.41) is 2.79. The second-order valence-electron chi connectivity index (χ2n) is 6.18. The third-order valence-corrected chi connectivity index (χ3v) is 6.51. The van der Waals surface area contributed by atoms with Gasteiger partial charge in [-0.2, -0.15) is 4.31 Å². The van der Waals surface area contributed by atoms with Gasteiger partial charge in [0.15, 0.2) is 0 Å². The zero-order valence-corrected chi connectivity index (χ0v) is 17.7. The number of nitrogens with one attached hydrogen (secondary N) is 1. The van der Waals surface area contributed by atoms with E-state index in [2.05, 4.69) is 5.32 Å². The average Bonchev–Trinajstić information content (AvgIpc) is 2.70. The van der Waals surface area contributed by atoms with Crippen molar-refractivity contribution in [1.82, 2.24) is 4.31 Å². The number of rotatable bonds is 9. The molecule has 0 radical (unpaired) electrons. The van der Waals surface area contributed by atoms with E-state index < -0.39 is 10.0 Å². The molecule has 0 atom stereocenters. The fourth-order valence-corrected chi connectivity index (χ4v) is 4.33. The van der Waals surface area contributed by atoms with Gasteiger partial charge >= 0.3 is 0 Å². The maximum atomic E-state index is 12.8. The summed E-state index contributed by atoms with van der Waals surface area (Å²) < 4.78 is 32.6. The van der Waals surface area contributed by atoms with E-state index in [1.54, 1.807) is 32.0 Å². The van der Waals surface area contributed by atoms with Crippen LogP contribution in [0, 0.1) is 0 Å². The molecule has 1 N–H and O–H groups in total. The number of benzene rings is 2. The van der Waals surface area contributed by atoms with Gasteiger partial charge in [0.25, 0.3) is 5.91 Å². The van der Waals surface area contributed by atoms with Crippen molar-refractivity contribution >= 4 is 21.6 Å². The number of amides is 1. The maximum Gasteiger partial charge on any atom is 0.255 e. The molecule has 2 aromatic carbocycles. The molecule has 7 heteroatoms. The molecular formula is C21H28N2O4S. The lowest BCUT2D eigenvalue weighted by Gasteiger charge is -2.20. The normalized spacial score (nSPS) is 11.5. The molecule has 0 saturated carbocycles. The molecule has 0 aromatic heterocycles. The van der Waals surface area contributed by atoms with Crippen molar-refractivity contribution in [2.24, 2.45) is 0 Å². The van der Waals surface area contributed by atoms with Gasteiger partial charge in [-0.3, -0.25) is 4.79 Å². The molecule has 1 amide bonds. The number of anilines is 1. The Morgan fingerprint density at radius 1 is 1.00 bits per heavy atom. The molecule has 0 aliphatic heterocycles. The highest BCUT2D eigenvalue weighted by atomic mass is 32.2. The van der Waals surface area contributed by atoms with Gasteiger partial charge in [-0.1, -0.05) is 32.9 Å². The molecule has 6 nitrogen and oxygen atoms in total. The van der Waals surface area contributed by atoms with Crippen LogP contribution in [0.3, 0.4) is 0 Å². The zero-order valence-electron chi connectivity index (χ0n) is 16.9. The number of hydrogen-bond acceptors (Lipinski definition) is 4. The van der Waals surface area contributed by atoms with Crippen LogP contribution in [0.15, 0.2) is 47.4 Å². The Labute approximate surface area is 167 Å². The van der Waals surface area contributed by atoms with Crippen LogP contribution >= 0.6 is 0 Å². The van der Waals surface area contributed by atoms with E-state index in [-0.39, 0.29) is 10.8 Å². The van der Waals surface area contributed by atoms with Gasteiger partial charge in [-0.05, 0) is 49.2 Å². The predicted molar refractivity (Wildman–Crippen MR) is 111 cm³/mol. The fourth-order valence-electron chi connectivity index (χ4n) is 2.85. The Bertz CT molecular complexity index is 905. The number of aryl methyl sites for hydroxylation is 1. The first-order chi connectivity index (χ1) is 13.4. The van der Waals surface area contributed by atoms with Crippen molar-refractivity contribution in [3.8, 4) is 5.75 Å². The van der Waals surface area contributed by atoms with Gasteiger partial charge in [-0.25, -0.2) is 8.42 Å². The molecule has 0 aliphatic carbocycles. The van der Waals surface area contributed by atoms with Crippen LogP contribution < -0.4 is 10.1 Å². The van der Waals surface area contributed by atoms with Gasteiger partial charge < -0.3 is 10.1 Å². The van der Waals surface area contributed by atoms with Crippen LogP contribution in [0.1, 0.15) is 43.6 Å². The van der Waals surface area contributed by atoms with Crippen molar-refractivity contribution in [2.45, 2.75) is 39.0 Å². The van der Waals surface area contributed by atoms with Crippen LogP contribution in [0.5, 0.6) is 5.75 Å². The molecule has 0 unspecified atom stereocenters. The maximum absolute atomic E-state index is 12.8. The lowest BCUT2D eigenvalue weighted by atomic mass is 10.1. The average molecular weight is 405 g/mol. The van der Waals surface area contributed by atoms with Gasteiger partial charge in [0.1, 0.15) is 5.75 Å². The molecule has 0 aliphatic rings. The van der Waals surface area contributed by atoms with E-state index in [1.165, 1.54) is 16.4 Å². The highest BCUT2D eigenvalue weighted by Gasteiger charge is 2.23. The van der Waals surface area contributed by atoms with Gasteiger partial charge in [0.05, 0.1) is 17.2 Å². The van der Waals surface area contributed by atoms with Gasteiger partial charge in [0.2, 0.25) is 10.0 Å². The third kappa shape index (κ3) is 4.91. The molecule has 0 spiro atoms. The Hall–Kier alpha value is -2.38. The number of carbonyl (C=O) groups is 1. The fraction of sp³-hybridized carbons (Fsp3) is 0.381. The highest BCUT2D eigenvalue weighted by molar-refractivity contribution is 7.89. The van der Waals surface area contributed by atoms with E-state index >= 15 is 0 Å². The number of hydrogen-bond donors (Lipinski definition) is 1. The summed E-state index contributed by atoms with van der Waals surface area (Å²) >= 11 is 0. The van der Waals surface area contributed by atoms with Crippen molar-refractivity contribution in [1.29, 1.82) is 0 Å². The van der Waals surface area contributed by atoms with E-state index in [0.29, 0.717) is 36.7 Å². The number of carbonyl (C=O) groups excluding carboxylic acids is 1. The number of nitrogens with zero attached hydrogens (tertiary/aromatic N) is 1. The van der Waals surface area contributed by atoms with E-state index in [4.69, 9.17) is 4.74 Å². The molecule has 152 valence electrons. The summed E-state index contributed by atoms with van der Waals surface area (Å²) in [5.74, 6) is 0.112. The molecule has 2 rings (SSSR count). The molecule has 0 bridgehead atoms. The summed E-state index contributed by atoms with van der Waals surface area (Å²) in [6.07, 6.45) is 0.891. The largest absolute Gasteiger partial charge is 0.492 e. The molecule has 2 aromatic rings. The minimum Gasteiger partial charge on any atom is -0.492 e. The summed E-state index contributed by atoms with van der Waals surface area (Å²) in [5.41, 5.74) is 1.97. The first-order valence-corrected chi connectivity index (χ1v) is 11.0. The van der Waals surface area contributed by atoms with Crippen LogP contribution in [-0.4, -0.2) is 38.3 Å². The SMILES string of the molecule is CCOc1ccc(S(=O)(=O)N(CC)CC)cc1NC(=O)c1ccc(CC)cc1. The van der Waals surface area contributed by atoms with Crippen molar-refractivity contribution in [3.05, 3.63) is 53.6 Å². The zero-order chi connectivity index (χ0) is 20.7. The number of sulfonamides is 1. The third-order valence-electron chi connectivity index (χ3n) is 4.47. The van der Waals surface area contributed by atoms with Crippen LogP contribution in [0.4, 0.5) is 5.69 Å². The van der Waals surface area contributed by atoms with Crippen molar-refractivity contribution in [3.63, 3.8) is 0 Å². The lowest BCUT2D eigenvalue weighted by molar-refractivity contribution is 0.102. The number of ether oxygens (including phenoxy) is 1. The van der Waals surface area contributed by atoms with E-state index in [9.17, 15) is 13.2 Å². The molecule has 28 heavy (non-hydrogen) atoms. The van der Waals surface area contributed by atoms with E-state index in [1.807, 2.05) is 26.0 Å².